The number of nitriles is 1. The lowest BCUT2D eigenvalue weighted by atomic mass is 9.98. The standard InChI is InChI=1S/C22H26F2N6S/c1-13-10-30(11-14(2)28(13)3)18-7-17(23)19(20(24)21(18)26)15-5-4-6-29(12-15)22-27-9-16(8-25)31-22/h5,7,9,13-14H,4,6,10-12,26H2,1-3H3/t13-,14+. The fourth-order valence-corrected chi connectivity index (χ4v) is 5.07. The van der Waals surface area contributed by atoms with Crippen LogP contribution in [0.5, 0.6) is 0 Å². The van der Waals surface area contributed by atoms with Gasteiger partial charge in [0.2, 0.25) is 0 Å². The maximum atomic E-state index is 15.4. The summed E-state index contributed by atoms with van der Waals surface area (Å²) in [5, 5.41) is 9.71. The number of hydrogen-bond donors (Lipinski definition) is 1. The normalized spacial score (nSPS) is 22.4. The van der Waals surface area contributed by atoms with E-state index < -0.39 is 11.6 Å². The first kappa shape index (κ1) is 21.5. The van der Waals surface area contributed by atoms with Crippen molar-refractivity contribution in [2.24, 2.45) is 0 Å². The van der Waals surface area contributed by atoms with E-state index in [1.807, 2.05) is 15.9 Å². The van der Waals surface area contributed by atoms with Crippen LogP contribution < -0.4 is 15.5 Å². The zero-order valence-electron chi connectivity index (χ0n) is 17.9. The molecule has 0 radical (unpaired) electrons. The Morgan fingerprint density at radius 1 is 1.23 bits per heavy atom. The first-order chi connectivity index (χ1) is 14.8. The molecule has 9 heteroatoms. The van der Waals surface area contributed by atoms with Crippen molar-refractivity contribution in [3.05, 3.63) is 40.4 Å². The van der Waals surface area contributed by atoms with Gasteiger partial charge >= 0.3 is 0 Å². The number of nitrogens with zero attached hydrogens (tertiary/aromatic N) is 5. The minimum atomic E-state index is -0.709. The molecule has 2 atom stereocenters. The largest absolute Gasteiger partial charge is 0.395 e. The monoisotopic (exact) mass is 444 g/mol. The van der Waals surface area contributed by atoms with Gasteiger partial charge in [0.05, 0.1) is 23.1 Å². The van der Waals surface area contributed by atoms with Gasteiger partial charge in [0.1, 0.15) is 16.8 Å². The summed E-state index contributed by atoms with van der Waals surface area (Å²) in [4.78, 5) is 10.9. The maximum absolute atomic E-state index is 15.4. The van der Waals surface area contributed by atoms with Gasteiger partial charge in [0, 0.05) is 44.3 Å². The van der Waals surface area contributed by atoms with Gasteiger partial charge in [-0.2, -0.15) is 5.26 Å². The molecule has 1 aromatic carbocycles. The highest BCUT2D eigenvalue weighted by atomic mass is 32.1. The van der Waals surface area contributed by atoms with Crippen LogP contribution in [-0.4, -0.2) is 55.2 Å². The number of piperazine rings is 1. The second kappa shape index (κ2) is 8.44. The number of thiazole rings is 1. The van der Waals surface area contributed by atoms with Gasteiger partial charge in [-0.3, -0.25) is 4.90 Å². The molecule has 6 nitrogen and oxygen atoms in total. The van der Waals surface area contributed by atoms with E-state index in [1.54, 1.807) is 0 Å². The molecule has 0 amide bonds. The Kier molecular flexibility index (Phi) is 5.86. The van der Waals surface area contributed by atoms with Crippen molar-refractivity contribution in [2.75, 3.05) is 48.8 Å². The molecule has 0 aliphatic carbocycles. The smallest absolute Gasteiger partial charge is 0.186 e. The predicted octanol–water partition coefficient (Wildman–Crippen LogP) is 3.70. The average molecular weight is 445 g/mol. The molecule has 164 valence electrons. The molecular weight excluding hydrogens is 418 g/mol. The van der Waals surface area contributed by atoms with E-state index >= 15 is 8.78 Å². The summed E-state index contributed by atoms with van der Waals surface area (Å²) in [5.41, 5.74) is 7.08. The van der Waals surface area contributed by atoms with E-state index in [0.29, 0.717) is 53.9 Å². The SMILES string of the molecule is C[C@@H]1CN(c2cc(F)c(C3=CCCN(c4ncc(C#N)s4)C3)c(F)c2N)C[C@H](C)N1C. The predicted molar refractivity (Wildman–Crippen MR) is 121 cm³/mol. The minimum absolute atomic E-state index is 0.0145. The van der Waals surface area contributed by atoms with E-state index in [2.05, 4.69) is 36.8 Å². The second-order valence-corrected chi connectivity index (χ2v) is 9.32. The van der Waals surface area contributed by atoms with Crippen molar-refractivity contribution in [1.82, 2.24) is 9.88 Å². The zero-order valence-corrected chi connectivity index (χ0v) is 18.7. The third-order valence-corrected chi connectivity index (χ3v) is 7.24. The molecule has 1 fully saturated rings. The summed E-state index contributed by atoms with van der Waals surface area (Å²) in [6.07, 6.45) is 4.00. The summed E-state index contributed by atoms with van der Waals surface area (Å²) < 4.78 is 30.6. The molecule has 0 saturated carbocycles. The van der Waals surface area contributed by atoms with E-state index in [4.69, 9.17) is 11.0 Å². The van der Waals surface area contributed by atoms with Crippen molar-refractivity contribution >= 4 is 33.4 Å². The van der Waals surface area contributed by atoms with Gasteiger partial charge in [-0.05, 0) is 32.9 Å². The molecule has 0 spiro atoms. The number of likely N-dealkylation sites (N-methyl/N-ethyl adjacent to an activating group) is 1. The number of rotatable bonds is 3. The molecule has 2 aromatic rings. The van der Waals surface area contributed by atoms with Gasteiger partial charge in [-0.15, -0.1) is 0 Å². The van der Waals surface area contributed by atoms with E-state index in [9.17, 15) is 0 Å². The molecule has 1 aromatic heterocycles. The Labute approximate surface area is 185 Å². The van der Waals surface area contributed by atoms with E-state index in [-0.39, 0.29) is 23.3 Å². The molecule has 1 saturated heterocycles. The summed E-state index contributed by atoms with van der Waals surface area (Å²) in [6.45, 7) is 6.49. The third-order valence-electron chi connectivity index (χ3n) is 6.28. The fourth-order valence-electron chi connectivity index (χ4n) is 4.33. The van der Waals surface area contributed by atoms with Crippen molar-refractivity contribution in [3.8, 4) is 6.07 Å². The number of benzene rings is 1. The highest BCUT2D eigenvalue weighted by Gasteiger charge is 2.30. The first-order valence-electron chi connectivity index (χ1n) is 10.3. The highest BCUT2D eigenvalue weighted by Crippen LogP contribution is 2.37. The minimum Gasteiger partial charge on any atom is -0.395 e. The van der Waals surface area contributed by atoms with Gasteiger partial charge in [-0.25, -0.2) is 13.8 Å². The number of anilines is 3. The van der Waals surface area contributed by atoms with Crippen LogP contribution in [0.25, 0.3) is 5.57 Å². The third kappa shape index (κ3) is 3.98. The van der Waals surface area contributed by atoms with Gasteiger partial charge in [0.15, 0.2) is 10.9 Å². The Morgan fingerprint density at radius 2 is 1.94 bits per heavy atom. The molecule has 0 unspecified atom stereocenters. The molecule has 4 rings (SSSR count). The van der Waals surface area contributed by atoms with Crippen molar-refractivity contribution < 1.29 is 8.78 Å². The molecule has 31 heavy (non-hydrogen) atoms. The molecular formula is C22H26F2N6S. The van der Waals surface area contributed by atoms with Crippen LogP contribution in [-0.2, 0) is 0 Å². The molecule has 2 N–H and O–H groups in total. The van der Waals surface area contributed by atoms with E-state index in [0.717, 1.165) is 0 Å². The summed E-state index contributed by atoms with van der Waals surface area (Å²) in [5.74, 6) is -1.31. The summed E-state index contributed by atoms with van der Waals surface area (Å²) in [6, 6.07) is 3.94. The first-order valence-corrected chi connectivity index (χ1v) is 11.2. The van der Waals surface area contributed by atoms with Crippen LogP contribution in [0, 0.1) is 23.0 Å². The number of aromatic nitrogens is 1. The van der Waals surface area contributed by atoms with Crippen LogP contribution in [0.1, 0.15) is 30.7 Å². The second-order valence-electron chi connectivity index (χ2n) is 8.31. The lowest BCUT2D eigenvalue weighted by Gasteiger charge is -2.44. The lowest BCUT2D eigenvalue weighted by Crippen LogP contribution is -2.55. The Morgan fingerprint density at radius 3 is 2.58 bits per heavy atom. The molecule has 2 aliphatic heterocycles. The number of hydrogen-bond acceptors (Lipinski definition) is 7. The van der Waals surface area contributed by atoms with Crippen molar-refractivity contribution in [2.45, 2.75) is 32.4 Å². The number of nitrogens with two attached hydrogens (primary N) is 1. The molecule has 2 aliphatic rings. The lowest BCUT2D eigenvalue weighted by molar-refractivity contribution is 0.170. The molecule has 3 heterocycles. The Hall–Kier alpha value is -2.70. The van der Waals surface area contributed by atoms with Crippen LogP contribution in [0.3, 0.4) is 0 Å². The topological polar surface area (TPSA) is 72.4 Å². The molecule has 0 bridgehead atoms. The van der Waals surface area contributed by atoms with Crippen LogP contribution >= 0.6 is 11.3 Å². The summed E-state index contributed by atoms with van der Waals surface area (Å²) in [7, 11) is 2.06. The quantitative estimate of drug-likeness (QED) is 0.728. The van der Waals surface area contributed by atoms with Crippen LogP contribution in [0.2, 0.25) is 0 Å². The van der Waals surface area contributed by atoms with Crippen LogP contribution in [0.4, 0.5) is 25.3 Å². The van der Waals surface area contributed by atoms with Gasteiger partial charge in [-0.1, -0.05) is 17.4 Å². The van der Waals surface area contributed by atoms with Gasteiger partial charge in [0.25, 0.3) is 0 Å². The average Bonchev–Trinajstić information content (AvgIpc) is 3.24. The Bertz CT molecular complexity index is 1050. The number of nitrogen functional groups attached to an aromatic ring is 1. The van der Waals surface area contributed by atoms with Gasteiger partial charge < -0.3 is 15.5 Å². The number of halogens is 2. The van der Waals surface area contributed by atoms with Crippen LogP contribution in [0.15, 0.2) is 18.3 Å². The van der Waals surface area contributed by atoms with Crippen molar-refractivity contribution in [3.63, 3.8) is 0 Å². The fraction of sp³-hybridized carbons (Fsp3) is 0.455. The zero-order chi connectivity index (χ0) is 22.3. The summed E-state index contributed by atoms with van der Waals surface area (Å²) >= 11 is 1.27. The maximum Gasteiger partial charge on any atom is 0.186 e. The Balaban J connectivity index is 1.63. The highest BCUT2D eigenvalue weighted by molar-refractivity contribution is 7.16. The van der Waals surface area contributed by atoms with E-state index in [1.165, 1.54) is 23.6 Å². The van der Waals surface area contributed by atoms with Crippen molar-refractivity contribution in [1.29, 1.82) is 5.26 Å².